The van der Waals surface area contributed by atoms with Gasteiger partial charge in [-0.05, 0) is 0 Å². The molecule has 0 aliphatic heterocycles. The van der Waals surface area contributed by atoms with E-state index in [1.165, 1.54) is 0 Å². The number of halogens is 4. The second-order valence-electron chi connectivity index (χ2n) is 2.52. The predicted octanol–water partition coefficient (Wildman–Crippen LogP) is 3.32. The van der Waals surface area contributed by atoms with Gasteiger partial charge in [-0.15, -0.1) is 11.6 Å². The Morgan fingerprint density at radius 1 is 1.60 bits per heavy atom. The minimum absolute atomic E-state index is 0.122. The van der Waals surface area contributed by atoms with Crippen LogP contribution in [0.4, 0.5) is 14.5 Å². The predicted molar refractivity (Wildman–Crippen MR) is 50.4 cm³/mol. The van der Waals surface area contributed by atoms with Gasteiger partial charge in [0.15, 0.2) is 0 Å². The Morgan fingerprint density at radius 2 is 2.20 bits per heavy atom. The second-order valence-corrected chi connectivity index (χ2v) is 3.16. The van der Waals surface area contributed by atoms with Gasteiger partial charge in [-0.25, -0.2) is 13.8 Å². The number of aromatic nitrogens is 1. The van der Waals surface area contributed by atoms with Crippen LogP contribution in [-0.2, 0) is 5.88 Å². The average molecular weight is 257 g/mol. The molecule has 0 aromatic carbocycles. The van der Waals surface area contributed by atoms with E-state index < -0.39 is 22.7 Å². The van der Waals surface area contributed by atoms with Crippen LogP contribution in [0.15, 0.2) is 6.07 Å². The number of nitro groups is 1. The largest absolute Gasteiger partial charge is 0.291 e. The van der Waals surface area contributed by atoms with Gasteiger partial charge >= 0.3 is 0 Å². The lowest BCUT2D eigenvalue weighted by Gasteiger charge is -2.04. The molecule has 0 aliphatic rings. The molecule has 0 N–H and O–H groups in total. The monoisotopic (exact) mass is 256 g/mol. The molecule has 0 saturated heterocycles. The van der Waals surface area contributed by atoms with Gasteiger partial charge in [0, 0.05) is 6.07 Å². The average Bonchev–Trinajstić information content (AvgIpc) is 2.17. The molecule has 15 heavy (non-hydrogen) atoms. The van der Waals surface area contributed by atoms with Gasteiger partial charge < -0.3 is 0 Å². The van der Waals surface area contributed by atoms with Crippen LogP contribution in [0.2, 0.25) is 5.02 Å². The molecular weight excluding hydrogens is 253 g/mol. The standard InChI is InChI=1S/C7H4Cl2F2N2O2/c8-2-4-6(9)5(13(14)15)1-3(12-4)7(10)11/h1,7H,2H2. The van der Waals surface area contributed by atoms with Crippen LogP contribution < -0.4 is 0 Å². The van der Waals surface area contributed by atoms with Crippen molar-refractivity contribution in [1.82, 2.24) is 4.98 Å². The fourth-order valence-corrected chi connectivity index (χ4v) is 1.42. The summed E-state index contributed by atoms with van der Waals surface area (Å²) < 4.78 is 24.6. The maximum absolute atomic E-state index is 12.3. The van der Waals surface area contributed by atoms with Gasteiger partial charge in [0.25, 0.3) is 12.1 Å². The van der Waals surface area contributed by atoms with Gasteiger partial charge in [-0.3, -0.25) is 10.1 Å². The van der Waals surface area contributed by atoms with Gasteiger partial charge in [-0.2, -0.15) is 0 Å². The molecule has 0 aliphatic carbocycles. The van der Waals surface area contributed by atoms with Gasteiger partial charge in [0.2, 0.25) is 0 Å². The summed E-state index contributed by atoms with van der Waals surface area (Å²) >= 11 is 10.9. The molecular formula is C7H4Cl2F2N2O2. The summed E-state index contributed by atoms with van der Waals surface area (Å²) in [6.07, 6.45) is -2.90. The summed E-state index contributed by atoms with van der Waals surface area (Å²) in [5.41, 5.74) is -1.44. The molecule has 0 bridgehead atoms. The van der Waals surface area contributed by atoms with Crippen molar-refractivity contribution in [2.24, 2.45) is 0 Å². The molecule has 1 rings (SSSR count). The van der Waals surface area contributed by atoms with Crippen molar-refractivity contribution in [2.45, 2.75) is 12.3 Å². The third kappa shape index (κ3) is 2.51. The molecule has 1 aromatic heterocycles. The van der Waals surface area contributed by atoms with E-state index in [9.17, 15) is 18.9 Å². The molecule has 0 unspecified atom stereocenters. The summed E-state index contributed by atoms with van der Waals surface area (Å²) in [4.78, 5) is 13.0. The van der Waals surface area contributed by atoms with E-state index in [0.717, 1.165) is 0 Å². The molecule has 0 spiro atoms. The Morgan fingerprint density at radius 3 is 2.60 bits per heavy atom. The highest BCUT2D eigenvalue weighted by Gasteiger charge is 2.22. The van der Waals surface area contributed by atoms with E-state index in [2.05, 4.69) is 4.98 Å². The number of hydrogen-bond donors (Lipinski definition) is 0. The molecule has 0 saturated carbocycles. The summed E-state index contributed by atoms with van der Waals surface area (Å²) in [6, 6.07) is 0.642. The van der Waals surface area contributed by atoms with E-state index in [0.29, 0.717) is 6.07 Å². The normalized spacial score (nSPS) is 10.7. The van der Waals surface area contributed by atoms with E-state index in [1.807, 2.05) is 0 Å². The highest BCUT2D eigenvalue weighted by Crippen LogP contribution is 2.31. The first kappa shape index (κ1) is 12.1. The van der Waals surface area contributed by atoms with Crippen LogP contribution in [0, 0.1) is 10.1 Å². The number of nitrogens with zero attached hydrogens (tertiary/aromatic N) is 2. The zero-order valence-corrected chi connectivity index (χ0v) is 8.60. The summed E-state index contributed by atoms with van der Waals surface area (Å²) in [5, 5.41) is 10.2. The number of hydrogen-bond acceptors (Lipinski definition) is 3. The molecule has 0 fully saturated rings. The second kappa shape index (κ2) is 4.67. The molecule has 4 nitrogen and oxygen atoms in total. The van der Waals surface area contributed by atoms with E-state index in [-0.39, 0.29) is 16.6 Å². The quantitative estimate of drug-likeness (QED) is 0.474. The van der Waals surface area contributed by atoms with Crippen molar-refractivity contribution in [3.8, 4) is 0 Å². The van der Waals surface area contributed by atoms with E-state index in [4.69, 9.17) is 23.2 Å². The van der Waals surface area contributed by atoms with Crippen LogP contribution in [-0.4, -0.2) is 9.91 Å². The minimum atomic E-state index is -2.90. The maximum atomic E-state index is 12.3. The van der Waals surface area contributed by atoms with Crippen molar-refractivity contribution in [3.05, 3.63) is 32.6 Å². The van der Waals surface area contributed by atoms with Crippen LogP contribution >= 0.6 is 23.2 Å². The smallest absolute Gasteiger partial charge is 0.258 e. The molecule has 0 amide bonds. The first-order chi connectivity index (χ1) is 6.97. The van der Waals surface area contributed by atoms with Crippen LogP contribution in [0.1, 0.15) is 17.8 Å². The summed E-state index contributed by atoms with van der Waals surface area (Å²) in [5.74, 6) is -0.264. The number of alkyl halides is 3. The number of rotatable bonds is 3. The van der Waals surface area contributed by atoms with Gasteiger partial charge in [0.05, 0.1) is 16.5 Å². The van der Waals surface area contributed by atoms with Gasteiger partial charge in [0.1, 0.15) is 10.7 Å². The van der Waals surface area contributed by atoms with Crippen molar-refractivity contribution in [2.75, 3.05) is 0 Å². The zero-order chi connectivity index (χ0) is 11.6. The molecule has 1 aromatic rings. The highest BCUT2D eigenvalue weighted by atomic mass is 35.5. The summed E-state index contributed by atoms with van der Waals surface area (Å²) in [7, 11) is 0. The van der Waals surface area contributed by atoms with Gasteiger partial charge in [-0.1, -0.05) is 11.6 Å². The van der Waals surface area contributed by atoms with E-state index >= 15 is 0 Å². The fraction of sp³-hybridized carbons (Fsp3) is 0.286. The van der Waals surface area contributed by atoms with Crippen LogP contribution in [0.5, 0.6) is 0 Å². The van der Waals surface area contributed by atoms with Crippen molar-refractivity contribution < 1.29 is 13.7 Å². The Hall–Kier alpha value is -1.01. The molecule has 1 heterocycles. The lowest BCUT2D eigenvalue weighted by molar-refractivity contribution is -0.384. The minimum Gasteiger partial charge on any atom is -0.258 e. The molecule has 8 heteroatoms. The van der Waals surface area contributed by atoms with Crippen LogP contribution in [0.25, 0.3) is 0 Å². The molecule has 0 radical (unpaired) electrons. The van der Waals surface area contributed by atoms with Crippen LogP contribution in [0.3, 0.4) is 0 Å². The maximum Gasteiger partial charge on any atom is 0.291 e. The SMILES string of the molecule is O=[N+]([O-])c1cc(C(F)F)nc(CCl)c1Cl. The zero-order valence-electron chi connectivity index (χ0n) is 7.08. The molecule has 0 atom stereocenters. The Balaban J connectivity index is 3.38. The van der Waals surface area contributed by atoms with Crippen molar-refractivity contribution in [1.29, 1.82) is 0 Å². The van der Waals surface area contributed by atoms with E-state index in [1.54, 1.807) is 0 Å². The first-order valence-corrected chi connectivity index (χ1v) is 4.56. The Bertz CT molecular complexity index is 401. The topological polar surface area (TPSA) is 56.0 Å². The van der Waals surface area contributed by atoms with Crippen molar-refractivity contribution in [3.63, 3.8) is 0 Å². The Kier molecular flexibility index (Phi) is 3.76. The lowest BCUT2D eigenvalue weighted by atomic mass is 10.2. The number of pyridine rings is 1. The summed E-state index contributed by atoms with van der Waals surface area (Å²) in [6.45, 7) is 0. The Labute approximate surface area is 93.0 Å². The highest BCUT2D eigenvalue weighted by molar-refractivity contribution is 6.34. The third-order valence-electron chi connectivity index (χ3n) is 1.57. The lowest BCUT2D eigenvalue weighted by Crippen LogP contribution is -2.00. The van der Waals surface area contributed by atoms with Crippen molar-refractivity contribution >= 4 is 28.9 Å². The third-order valence-corrected chi connectivity index (χ3v) is 2.24. The fourth-order valence-electron chi connectivity index (χ4n) is 0.922. The first-order valence-electron chi connectivity index (χ1n) is 3.65. The molecule has 82 valence electrons.